The first-order chi connectivity index (χ1) is 14.7. The van der Waals surface area contributed by atoms with Gasteiger partial charge in [0.15, 0.2) is 9.84 Å². The number of nitro groups is 1. The maximum absolute atomic E-state index is 12.1. The fraction of sp³-hybridized carbons (Fsp3) is 0.0455. The van der Waals surface area contributed by atoms with Crippen molar-refractivity contribution in [2.75, 3.05) is 6.26 Å². The molecule has 4 aromatic rings. The molecule has 0 spiro atoms. The van der Waals surface area contributed by atoms with Crippen molar-refractivity contribution in [2.45, 2.75) is 4.90 Å². The van der Waals surface area contributed by atoms with Gasteiger partial charge in [-0.25, -0.2) is 13.2 Å². The molecule has 0 aliphatic carbocycles. The van der Waals surface area contributed by atoms with E-state index < -0.39 is 31.0 Å². The van der Waals surface area contributed by atoms with Crippen LogP contribution in [0.4, 0.5) is 5.69 Å². The van der Waals surface area contributed by atoms with Crippen LogP contribution in [-0.4, -0.2) is 19.6 Å². The van der Waals surface area contributed by atoms with Gasteiger partial charge in [-0.3, -0.25) is 10.1 Å². The molecule has 0 saturated heterocycles. The van der Waals surface area contributed by atoms with Gasteiger partial charge in [0, 0.05) is 23.8 Å². The molecule has 0 aliphatic heterocycles. The third-order valence-electron chi connectivity index (χ3n) is 4.57. The molecule has 1 heterocycles. The molecule has 4 rings (SSSR count). The molecule has 0 N–H and O–H groups in total. The lowest BCUT2D eigenvalue weighted by Gasteiger charge is -2.10. The van der Waals surface area contributed by atoms with E-state index in [0.717, 1.165) is 17.9 Å². The van der Waals surface area contributed by atoms with Gasteiger partial charge in [0.25, 0.3) is 0 Å². The van der Waals surface area contributed by atoms with E-state index in [-0.39, 0.29) is 17.1 Å². The molecule has 31 heavy (non-hydrogen) atoms. The summed E-state index contributed by atoms with van der Waals surface area (Å²) in [4.78, 5) is 22.4. The zero-order valence-corrected chi connectivity index (χ0v) is 17.0. The third kappa shape index (κ3) is 4.03. The van der Waals surface area contributed by atoms with Crippen molar-refractivity contribution in [3.8, 4) is 22.6 Å². The molecule has 0 bridgehead atoms. The van der Waals surface area contributed by atoms with E-state index in [4.69, 9.17) is 9.15 Å². The van der Waals surface area contributed by atoms with E-state index in [1.807, 2.05) is 30.3 Å². The van der Waals surface area contributed by atoms with E-state index in [1.54, 1.807) is 12.1 Å². The molecule has 0 fully saturated rings. The Hall–Kier alpha value is -3.98. The van der Waals surface area contributed by atoms with Crippen molar-refractivity contribution in [1.29, 1.82) is 0 Å². The average Bonchev–Trinajstić information content (AvgIpc) is 2.72. The molecule has 9 heteroatoms. The number of sulfone groups is 1. The van der Waals surface area contributed by atoms with Gasteiger partial charge in [-0.1, -0.05) is 36.4 Å². The number of hydrogen-bond acceptors (Lipinski definition) is 7. The number of para-hydroxylation sites is 1. The average molecular weight is 437 g/mol. The summed E-state index contributed by atoms with van der Waals surface area (Å²) in [5, 5.41) is 12.2. The summed E-state index contributed by atoms with van der Waals surface area (Å²) in [7, 11) is -3.85. The molecule has 0 aliphatic rings. The van der Waals surface area contributed by atoms with Crippen LogP contribution in [0.3, 0.4) is 0 Å². The summed E-state index contributed by atoms with van der Waals surface area (Å²) < 4.78 is 34.8. The summed E-state index contributed by atoms with van der Waals surface area (Å²) in [5.41, 5.74) is 0.498. The lowest BCUT2D eigenvalue weighted by Crippen LogP contribution is -2.04. The first-order valence-electron chi connectivity index (χ1n) is 9.03. The molecule has 0 saturated carbocycles. The van der Waals surface area contributed by atoms with Crippen LogP contribution in [0.5, 0.6) is 11.5 Å². The van der Waals surface area contributed by atoms with Crippen LogP contribution >= 0.6 is 0 Å². The van der Waals surface area contributed by atoms with E-state index >= 15 is 0 Å². The van der Waals surface area contributed by atoms with E-state index in [0.29, 0.717) is 10.9 Å². The van der Waals surface area contributed by atoms with Crippen molar-refractivity contribution >= 4 is 26.5 Å². The van der Waals surface area contributed by atoms with Crippen LogP contribution in [0, 0.1) is 10.1 Å². The molecule has 3 aromatic carbocycles. The normalized spacial score (nSPS) is 11.4. The van der Waals surface area contributed by atoms with Crippen LogP contribution in [0.1, 0.15) is 0 Å². The number of nitrogens with zero attached hydrogens (tertiary/aromatic N) is 1. The van der Waals surface area contributed by atoms with Crippen LogP contribution in [0.2, 0.25) is 0 Å². The minimum absolute atomic E-state index is 0.148. The largest absolute Gasteiger partial charge is 0.450 e. The topological polar surface area (TPSA) is 117 Å². The molecular weight excluding hydrogens is 422 g/mol. The fourth-order valence-electron chi connectivity index (χ4n) is 3.25. The van der Waals surface area contributed by atoms with Gasteiger partial charge in [0.2, 0.25) is 5.75 Å². The highest BCUT2D eigenvalue weighted by molar-refractivity contribution is 7.90. The number of fused-ring (bicyclic) bond motifs is 1. The van der Waals surface area contributed by atoms with Gasteiger partial charge >= 0.3 is 11.3 Å². The number of nitro benzene ring substituents is 1. The highest BCUT2D eigenvalue weighted by atomic mass is 32.2. The Morgan fingerprint density at radius 3 is 2.39 bits per heavy atom. The van der Waals surface area contributed by atoms with Gasteiger partial charge in [-0.05, 0) is 35.4 Å². The smallest absolute Gasteiger partial charge is 0.336 e. The summed E-state index contributed by atoms with van der Waals surface area (Å²) in [5.74, 6) is -0.0940. The van der Waals surface area contributed by atoms with Crippen molar-refractivity contribution in [1.82, 2.24) is 0 Å². The van der Waals surface area contributed by atoms with Gasteiger partial charge in [-0.15, -0.1) is 0 Å². The maximum atomic E-state index is 12.1. The number of ether oxygens (including phenoxy) is 1. The molecular formula is C22H15NO7S. The van der Waals surface area contributed by atoms with E-state index in [2.05, 4.69) is 0 Å². The Morgan fingerprint density at radius 2 is 1.71 bits per heavy atom. The Morgan fingerprint density at radius 1 is 0.968 bits per heavy atom. The minimum atomic E-state index is -3.85. The monoisotopic (exact) mass is 437 g/mol. The quantitative estimate of drug-likeness (QED) is 0.255. The van der Waals surface area contributed by atoms with Gasteiger partial charge in [0.1, 0.15) is 16.2 Å². The Kier molecular flexibility index (Phi) is 5.04. The highest BCUT2D eigenvalue weighted by Gasteiger charge is 2.27. The van der Waals surface area contributed by atoms with Crippen molar-refractivity contribution < 1.29 is 22.5 Å². The molecule has 0 amide bonds. The molecule has 8 nitrogen and oxygen atoms in total. The van der Waals surface area contributed by atoms with Gasteiger partial charge < -0.3 is 9.15 Å². The number of benzene rings is 3. The van der Waals surface area contributed by atoms with Crippen LogP contribution in [-0.2, 0) is 9.84 Å². The predicted molar refractivity (Wildman–Crippen MR) is 114 cm³/mol. The standard InChI is InChI=1S/C22H15NO7S/c1-31(27,28)20-9-5-8-18(22(20)23(25)26)29-15-10-11-16-17(14-6-3-2-4-7-14)13-21(24)30-19(16)12-15/h2-13H,1H3. The van der Waals surface area contributed by atoms with E-state index in [9.17, 15) is 23.3 Å². The SMILES string of the molecule is CS(=O)(=O)c1cccc(Oc2ccc3c(-c4ccccc4)cc(=O)oc3c2)c1[N+](=O)[O-]. The van der Waals surface area contributed by atoms with Crippen LogP contribution in [0.15, 0.2) is 86.9 Å². The van der Waals surface area contributed by atoms with Crippen molar-refractivity contribution in [3.63, 3.8) is 0 Å². The number of hydrogen-bond donors (Lipinski definition) is 0. The van der Waals surface area contributed by atoms with Crippen molar-refractivity contribution in [2.24, 2.45) is 0 Å². The van der Waals surface area contributed by atoms with Crippen molar-refractivity contribution in [3.05, 3.63) is 93.3 Å². The number of rotatable bonds is 5. The Balaban J connectivity index is 1.83. The minimum Gasteiger partial charge on any atom is -0.450 e. The first kappa shape index (κ1) is 20.3. The molecule has 0 unspecified atom stereocenters. The molecule has 1 aromatic heterocycles. The zero-order chi connectivity index (χ0) is 22.2. The Labute approximate surface area is 176 Å². The summed E-state index contributed by atoms with van der Waals surface area (Å²) in [6.45, 7) is 0. The summed E-state index contributed by atoms with van der Waals surface area (Å²) >= 11 is 0. The Bertz CT molecular complexity index is 1480. The summed E-state index contributed by atoms with van der Waals surface area (Å²) in [6, 6.07) is 19.1. The second kappa shape index (κ2) is 7.69. The molecule has 156 valence electrons. The summed E-state index contributed by atoms with van der Waals surface area (Å²) in [6.07, 6.45) is 0.884. The van der Waals surface area contributed by atoms with Gasteiger partial charge in [-0.2, -0.15) is 0 Å². The van der Waals surface area contributed by atoms with Crippen LogP contribution in [0.25, 0.3) is 22.1 Å². The van der Waals surface area contributed by atoms with Crippen LogP contribution < -0.4 is 10.4 Å². The highest BCUT2D eigenvalue weighted by Crippen LogP contribution is 2.38. The maximum Gasteiger partial charge on any atom is 0.336 e. The lowest BCUT2D eigenvalue weighted by molar-refractivity contribution is -0.388. The third-order valence-corrected chi connectivity index (χ3v) is 5.70. The molecule has 0 radical (unpaired) electrons. The predicted octanol–water partition coefficient (Wildman–Crippen LogP) is 4.56. The molecule has 0 atom stereocenters. The van der Waals surface area contributed by atoms with E-state index in [1.165, 1.54) is 24.3 Å². The lowest BCUT2D eigenvalue weighted by atomic mass is 10.0. The first-order valence-corrected chi connectivity index (χ1v) is 10.9. The fourth-order valence-corrected chi connectivity index (χ4v) is 4.11. The zero-order valence-electron chi connectivity index (χ0n) is 16.1. The van der Waals surface area contributed by atoms with Gasteiger partial charge in [0.05, 0.1) is 4.92 Å². The second-order valence-corrected chi connectivity index (χ2v) is 8.72. The second-order valence-electron chi connectivity index (χ2n) is 6.74.